The van der Waals surface area contributed by atoms with E-state index in [2.05, 4.69) is 16.4 Å². The number of fused-ring (bicyclic) bond motifs is 1. The molecule has 1 N–H and O–H groups in total. The van der Waals surface area contributed by atoms with Gasteiger partial charge in [-0.2, -0.15) is 4.98 Å². The monoisotopic (exact) mass is 453 g/mol. The van der Waals surface area contributed by atoms with Gasteiger partial charge in [-0.1, -0.05) is 48.5 Å². The first-order valence-corrected chi connectivity index (χ1v) is 10.9. The van der Waals surface area contributed by atoms with Gasteiger partial charge >= 0.3 is 0 Å². The molecule has 0 bridgehead atoms. The maximum absolute atomic E-state index is 14.9. The Bertz CT molecular complexity index is 1430. The normalized spacial score (nSPS) is 10.9. The van der Waals surface area contributed by atoms with Crippen LogP contribution in [-0.4, -0.2) is 19.1 Å². The van der Waals surface area contributed by atoms with Crippen LogP contribution in [0, 0.1) is 5.82 Å². The fourth-order valence-electron chi connectivity index (χ4n) is 3.99. The Hall–Kier alpha value is -4.32. The van der Waals surface area contributed by atoms with Crippen LogP contribution in [0.1, 0.15) is 5.56 Å². The molecule has 170 valence electrons. The SMILES string of the molecule is COc1cc(Nc2c(F)cccc2-c2ccccc2)cc(N(C)Cc2ccc3occc3c2)n1. The first kappa shape index (κ1) is 21.5. The van der Waals surface area contributed by atoms with Gasteiger partial charge in [-0.15, -0.1) is 0 Å². The average molecular weight is 454 g/mol. The molecule has 0 amide bonds. The first-order chi connectivity index (χ1) is 16.6. The van der Waals surface area contributed by atoms with Crippen LogP contribution in [0.4, 0.5) is 21.6 Å². The minimum Gasteiger partial charge on any atom is -0.481 e. The number of nitrogens with zero attached hydrogens (tertiary/aromatic N) is 2. The number of anilines is 3. The van der Waals surface area contributed by atoms with Crippen LogP contribution < -0.4 is 15.0 Å². The van der Waals surface area contributed by atoms with Crippen molar-refractivity contribution in [3.63, 3.8) is 0 Å². The molecule has 34 heavy (non-hydrogen) atoms. The van der Waals surface area contributed by atoms with Gasteiger partial charge in [-0.25, -0.2) is 4.39 Å². The number of furan rings is 1. The molecule has 0 aliphatic heterocycles. The van der Waals surface area contributed by atoms with E-state index in [4.69, 9.17) is 9.15 Å². The molecule has 5 aromatic rings. The molecular formula is C28H24FN3O2. The highest BCUT2D eigenvalue weighted by Crippen LogP contribution is 2.34. The van der Waals surface area contributed by atoms with Crippen molar-refractivity contribution in [2.45, 2.75) is 6.54 Å². The summed E-state index contributed by atoms with van der Waals surface area (Å²) in [6.45, 7) is 0.635. The minimum atomic E-state index is -0.333. The Labute approximate surface area is 197 Å². The van der Waals surface area contributed by atoms with Gasteiger partial charge in [0, 0.05) is 42.4 Å². The number of aromatic nitrogens is 1. The molecule has 0 atom stereocenters. The number of hydrogen-bond acceptors (Lipinski definition) is 5. The second-order valence-corrected chi connectivity index (χ2v) is 8.06. The van der Waals surface area contributed by atoms with E-state index in [1.807, 2.05) is 72.6 Å². The molecule has 5 nitrogen and oxygen atoms in total. The summed E-state index contributed by atoms with van der Waals surface area (Å²) < 4.78 is 25.8. The van der Waals surface area contributed by atoms with E-state index in [1.54, 1.807) is 25.5 Å². The smallest absolute Gasteiger partial charge is 0.217 e. The van der Waals surface area contributed by atoms with E-state index >= 15 is 0 Å². The van der Waals surface area contributed by atoms with Crippen molar-refractivity contribution in [2.24, 2.45) is 0 Å². The van der Waals surface area contributed by atoms with E-state index in [-0.39, 0.29) is 5.82 Å². The van der Waals surface area contributed by atoms with Crippen molar-refractivity contribution in [1.29, 1.82) is 0 Å². The van der Waals surface area contributed by atoms with Crippen LogP contribution in [0.15, 0.2) is 95.6 Å². The van der Waals surface area contributed by atoms with Crippen LogP contribution in [0.5, 0.6) is 5.88 Å². The third-order valence-corrected chi connectivity index (χ3v) is 5.69. The molecule has 0 spiro atoms. The quantitative estimate of drug-likeness (QED) is 0.287. The predicted octanol–water partition coefficient (Wildman–Crippen LogP) is 7.02. The van der Waals surface area contributed by atoms with Gasteiger partial charge in [0.05, 0.1) is 19.1 Å². The fourth-order valence-corrected chi connectivity index (χ4v) is 3.99. The standard InChI is InChI=1S/C28H24FN3O2/c1-32(18-19-11-12-25-21(15-19)13-14-34-25)26-16-22(17-27(31-26)33-2)30-28-23(9-6-10-24(28)29)20-7-4-3-5-8-20/h3-17H,18H2,1-2H3,(H,30,31). The van der Waals surface area contributed by atoms with Gasteiger partial charge in [0.2, 0.25) is 5.88 Å². The number of rotatable bonds is 7. The number of halogens is 1. The van der Waals surface area contributed by atoms with Crippen LogP contribution in [0.25, 0.3) is 22.1 Å². The molecular weight excluding hydrogens is 429 g/mol. The van der Waals surface area contributed by atoms with Crippen LogP contribution in [-0.2, 0) is 6.54 Å². The van der Waals surface area contributed by atoms with E-state index < -0.39 is 0 Å². The predicted molar refractivity (Wildman–Crippen MR) is 134 cm³/mol. The summed E-state index contributed by atoms with van der Waals surface area (Å²) in [4.78, 5) is 6.62. The molecule has 5 rings (SSSR count). The average Bonchev–Trinajstić information content (AvgIpc) is 3.33. The number of ether oxygens (including phenoxy) is 1. The number of benzene rings is 3. The summed E-state index contributed by atoms with van der Waals surface area (Å²) in [6, 6.07) is 26.5. The van der Waals surface area contributed by atoms with Gasteiger partial charge in [0.1, 0.15) is 17.2 Å². The lowest BCUT2D eigenvalue weighted by atomic mass is 10.0. The largest absolute Gasteiger partial charge is 0.481 e. The number of hydrogen-bond donors (Lipinski definition) is 1. The molecule has 2 aromatic heterocycles. The van der Waals surface area contributed by atoms with Gasteiger partial charge in [0.15, 0.2) is 0 Å². The molecule has 0 saturated heterocycles. The molecule has 0 saturated carbocycles. The zero-order valence-electron chi connectivity index (χ0n) is 19.0. The maximum atomic E-state index is 14.9. The molecule has 0 aliphatic carbocycles. The molecule has 0 unspecified atom stereocenters. The highest BCUT2D eigenvalue weighted by molar-refractivity contribution is 5.82. The molecule has 3 aromatic carbocycles. The van der Waals surface area contributed by atoms with Crippen molar-refractivity contribution < 1.29 is 13.5 Å². The Morgan fingerprint density at radius 2 is 1.82 bits per heavy atom. The summed E-state index contributed by atoms with van der Waals surface area (Å²) >= 11 is 0. The minimum absolute atomic E-state index is 0.333. The van der Waals surface area contributed by atoms with Crippen LogP contribution >= 0.6 is 0 Å². The molecule has 2 heterocycles. The third-order valence-electron chi connectivity index (χ3n) is 5.69. The zero-order valence-corrected chi connectivity index (χ0v) is 19.0. The topological polar surface area (TPSA) is 50.5 Å². The number of methoxy groups -OCH3 is 1. The Kier molecular flexibility index (Phi) is 5.87. The summed E-state index contributed by atoms with van der Waals surface area (Å²) in [6.07, 6.45) is 1.69. The zero-order chi connectivity index (χ0) is 23.5. The van der Waals surface area contributed by atoms with Gasteiger partial charge < -0.3 is 19.4 Å². The van der Waals surface area contributed by atoms with Crippen LogP contribution in [0.3, 0.4) is 0 Å². The second-order valence-electron chi connectivity index (χ2n) is 8.06. The van der Waals surface area contributed by atoms with Crippen molar-refractivity contribution >= 4 is 28.2 Å². The number of pyridine rings is 1. The summed E-state index contributed by atoms with van der Waals surface area (Å²) in [5.41, 5.74) is 4.77. The first-order valence-electron chi connectivity index (χ1n) is 10.9. The maximum Gasteiger partial charge on any atom is 0.217 e. The molecule has 0 radical (unpaired) electrons. The molecule has 0 fully saturated rings. The number of para-hydroxylation sites is 1. The highest BCUT2D eigenvalue weighted by atomic mass is 19.1. The van der Waals surface area contributed by atoms with Gasteiger partial charge in [-0.3, -0.25) is 0 Å². The molecule has 6 heteroatoms. The number of nitrogens with one attached hydrogen (secondary N) is 1. The third kappa shape index (κ3) is 4.43. The summed E-state index contributed by atoms with van der Waals surface area (Å²) in [5, 5.41) is 4.32. The Morgan fingerprint density at radius 3 is 2.65 bits per heavy atom. The lowest BCUT2D eigenvalue weighted by molar-refractivity contribution is 0.398. The van der Waals surface area contributed by atoms with Crippen molar-refractivity contribution in [2.75, 3.05) is 24.4 Å². The van der Waals surface area contributed by atoms with Gasteiger partial charge in [0.25, 0.3) is 0 Å². The Morgan fingerprint density at radius 1 is 0.971 bits per heavy atom. The van der Waals surface area contributed by atoms with Crippen molar-refractivity contribution in [3.05, 3.63) is 103 Å². The van der Waals surface area contributed by atoms with E-state index in [0.717, 1.165) is 27.7 Å². The van der Waals surface area contributed by atoms with E-state index in [1.165, 1.54) is 6.07 Å². The van der Waals surface area contributed by atoms with E-state index in [9.17, 15) is 4.39 Å². The van der Waals surface area contributed by atoms with Crippen LogP contribution in [0.2, 0.25) is 0 Å². The summed E-state index contributed by atoms with van der Waals surface area (Å²) in [5.74, 6) is 0.807. The van der Waals surface area contributed by atoms with Gasteiger partial charge in [-0.05, 0) is 35.4 Å². The summed E-state index contributed by atoms with van der Waals surface area (Å²) in [7, 11) is 3.53. The Balaban J connectivity index is 1.46. The van der Waals surface area contributed by atoms with Crippen molar-refractivity contribution in [3.8, 4) is 17.0 Å². The fraction of sp³-hybridized carbons (Fsp3) is 0.107. The highest BCUT2D eigenvalue weighted by Gasteiger charge is 2.14. The second kappa shape index (κ2) is 9.27. The van der Waals surface area contributed by atoms with Crippen molar-refractivity contribution in [1.82, 2.24) is 4.98 Å². The molecule has 0 aliphatic rings. The van der Waals surface area contributed by atoms with E-state index in [0.29, 0.717) is 29.6 Å². The lowest BCUT2D eigenvalue weighted by Gasteiger charge is -2.21. The lowest BCUT2D eigenvalue weighted by Crippen LogP contribution is -2.18.